The number of ether oxygens (including phenoxy) is 1. The van der Waals surface area contributed by atoms with E-state index in [0.29, 0.717) is 23.7 Å². The first kappa shape index (κ1) is 19.7. The number of anilines is 1. The number of nitrogens with one attached hydrogen (secondary N) is 1. The monoisotopic (exact) mass is 425 g/mol. The average molecular weight is 426 g/mol. The molecule has 0 unspecified atom stereocenters. The van der Waals surface area contributed by atoms with Gasteiger partial charge in [-0.15, -0.1) is 0 Å². The first-order valence-electron chi connectivity index (χ1n) is 9.11. The molecule has 0 spiro atoms. The molecular weight excluding hydrogens is 409 g/mol. The van der Waals surface area contributed by atoms with E-state index in [1.54, 1.807) is 29.1 Å². The molecule has 0 bridgehead atoms. The van der Waals surface area contributed by atoms with Crippen molar-refractivity contribution in [2.75, 3.05) is 5.32 Å². The van der Waals surface area contributed by atoms with Crippen molar-refractivity contribution in [2.24, 2.45) is 0 Å². The van der Waals surface area contributed by atoms with Gasteiger partial charge in [0.15, 0.2) is 5.76 Å². The van der Waals surface area contributed by atoms with Gasteiger partial charge >= 0.3 is 0 Å². The summed E-state index contributed by atoms with van der Waals surface area (Å²) in [6.07, 6.45) is 3.59. The number of furan rings is 1. The minimum absolute atomic E-state index is 0.0536. The lowest BCUT2D eigenvalue weighted by molar-refractivity contribution is 0.0992. The number of carbonyl (C=O) groups is 1. The molecule has 8 heteroatoms. The van der Waals surface area contributed by atoms with Crippen molar-refractivity contribution >= 4 is 23.2 Å². The van der Waals surface area contributed by atoms with Crippen molar-refractivity contribution in [1.29, 1.82) is 0 Å². The number of halogens is 2. The topological polar surface area (TPSA) is 69.3 Å². The van der Waals surface area contributed by atoms with Crippen molar-refractivity contribution in [2.45, 2.75) is 13.2 Å². The first-order valence-corrected chi connectivity index (χ1v) is 9.49. The Balaban J connectivity index is 1.37. The van der Waals surface area contributed by atoms with E-state index in [-0.39, 0.29) is 23.3 Å². The lowest BCUT2D eigenvalue weighted by Crippen LogP contribution is -2.11. The fourth-order valence-corrected chi connectivity index (χ4v) is 3.06. The number of nitrogens with zero attached hydrogens (tertiary/aromatic N) is 2. The molecule has 0 aliphatic carbocycles. The predicted molar refractivity (Wildman–Crippen MR) is 110 cm³/mol. The highest BCUT2D eigenvalue weighted by molar-refractivity contribution is 6.32. The summed E-state index contributed by atoms with van der Waals surface area (Å²) in [7, 11) is 0. The Morgan fingerprint density at radius 2 is 2.07 bits per heavy atom. The molecule has 0 aliphatic rings. The van der Waals surface area contributed by atoms with Crippen molar-refractivity contribution in [3.05, 3.63) is 101 Å². The summed E-state index contributed by atoms with van der Waals surface area (Å²) in [5.74, 6) is 0.0917. The zero-order valence-electron chi connectivity index (χ0n) is 15.7. The number of amides is 1. The number of benzene rings is 2. The maximum Gasteiger partial charge on any atom is 0.291 e. The number of rotatable bonds is 7. The fraction of sp³-hybridized carbons (Fsp3) is 0.0909. The molecule has 2 aromatic carbocycles. The molecule has 4 rings (SSSR count). The normalized spacial score (nSPS) is 10.7. The standard InChI is InChI=1S/C22H17ClFN3O3/c23-19-12-16(24)5-7-20(19)29-14-18-6-8-21(30-18)22(28)26-17-4-1-3-15(11-17)13-27-10-2-9-25-27/h1-12H,13-14H2,(H,26,28). The average Bonchev–Trinajstić information content (AvgIpc) is 3.40. The van der Waals surface area contributed by atoms with Crippen molar-refractivity contribution in [1.82, 2.24) is 9.78 Å². The van der Waals surface area contributed by atoms with Crippen LogP contribution in [0.15, 0.2) is 77.5 Å². The van der Waals surface area contributed by atoms with Gasteiger partial charge in [-0.2, -0.15) is 5.10 Å². The molecule has 2 aromatic heterocycles. The van der Waals surface area contributed by atoms with Crippen LogP contribution in [0.4, 0.5) is 10.1 Å². The molecule has 152 valence electrons. The highest BCUT2D eigenvalue weighted by atomic mass is 35.5. The molecule has 2 heterocycles. The van der Waals surface area contributed by atoms with E-state index in [9.17, 15) is 9.18 Å². The Morgan fingerprint density at radius 3 is 2.87 bits per heavy atom. The van der Waals surface area contributed by atoms with E-state index in [1.807, 2.05) is 30.5 Å². The van der Waals surface area contributed by atoms with Crippen LogP contribution in [0.25, 0.3) is 0 Å². The predicted octanol–water partition coefficient (Wildman–Crippen LogP) is 5.15. The summed E-state index contributed by atoms with van der Waals surface area (Å²) in [5.41, 5.74) is 1.65. The summed E-state index contributed by atoms with van der Waals surface area (Å²) < 4.78 is 26.0. The van der Waals surface area contributed by atoms with Gasteiger partial charge in [-0.05, 0) is 54.1 Å². The summed E-state index contributed by atoms with van der Waals surface area (Å²) >= 11 is 5.93. The van der Waals surface area contributed by atoms with Crippen LogP contribution in [-0.2, 0) is 13.2 Å². The quantitative estimate of drug-likeness (QED) is 0.444. The second-order valence-electron chi connectivity index (χ2n) is 6.49. The highest BCUT2D eigenvalue weighted by Crippen LogP contribution is 2.26. The van der Waals surface area contributed by atoms with E-state index in [1.165, 1.54) is 18.2 Å². The van der Waals surface area contributed by atoms with Gasteiger partial charge in [0.25, 0.3) is 5.91 Å². The molecule has 0 aliphatic heterocycles. The Kier molecular flexibility index (Phi) is 5.81. The van der Waals surface area contributed by atoms with E-state index in [0.717, 1.165) is 5.56 Å². The van der Waals surface area contributed by atoms with Gasteiger partial charge in [0.2, 0.25) is 0 Å². The molecule has 0 radical (unpaired) electrons. The lowest BCUT2D eigenvalue weighted by Gasteiger charge is -2.07. The van der Waals surface area contributed by atoms with E-state index >= 15 is 0 Å². The van der Waals surface area contributed by atoms with Crippen molar-refractivity contribution in [3.8, 4) is 5.75 Å². The molecule has 4 aromatic rings. The molecule has 6 nitrogen and oxygen atoms in total. The third-order valence-corrected chi connectivity index (χ3v) is 4.53. The fourth-order valence-electron chi connectivity index (χ4n) is 2.84. The van der Waals surface area contributed by atoms with Crippen LogP contribution in [-0.4, -0.2) is 15.7 Å². The minimum atomic E-state index is -0.446. The van der Waals surface area contributed by atoms with Crippen LogP contribution < -0.4 is 10.1 Å². The van der Waals surface area contributed by atoms with Gasteiger partial charge in [0.1, 0.15) is 23.9 Å². The van der Waals surface area contributed by atoms with E-state index in [2.05, 4.69) is 10.4 Å². The smallest absolute Gasteiger partial charge is 0.291 e. The summed E-state index contributed by atoms with van der Waals surface area (Å²) in [5, 5.41) is 7.15. The largest absolute Gasteiger partial charge is 0.484 e. The molecule has 1 amide bonds. The second kappa shape index (κ2) is 8.84. The lowest BCUT2D eigenvalue weighted by atomic mass is 10.2. The van der Waals surface area contributed by atoms with Crippen LogP contribution >= 0.6 is 11.6 Å². The van der Waals surface area contributed by atoms with Crippen molar-refractivity contribution in [3.63, 3.8) is 0 Å². The van der Waals surface area contributed by atoms with Gasteiger partial charge in [-0.25, -0.2) is 4.39 Å². The molecule has 0 saturated heterocycles. The zero-order valence-corrected chi connectivity index (χ0v) is 16.5. The summed E-state index contributed by atoms with van der Waals surface area (Å²) in [6.45, 7) is 0.656. The molecule has 0 fully saturated rings. The third-order valence-electron chi connectivity index (χ3n) is 4.24. The van der Waals surface area contributed by atoms with E-state index in [4.69, 9.17) is 20.8 Å². The molecular formula is C22H17ClFN3O3. The molecule has 0 saturated carbocycles. The van der Waals surface area contributed by atoms with Gasteiger partial charge in [-0.1, -0.05) is 23.7 Å². The van der Waals surface area contributed by atoms with Crippen molar-refractivity contribution < 1.29 is 18.3 Å². The number of carbonyl (C=O) groups excluding carboxylic acids is 1. The maximum atomic E-state index is 13.1. The first-order chi connectivity index (χ1) is 14.6. The third kappa shape index (κ3) is 4.87. The Labute approximate surface area is 176 Å². The Hall–Kier alpha value is -3.58. The highest BCUT2D eigenvalue weighted by Gasteiger charge is 2.13. The summed E-state index contributed by atoms with van der Waals surface area (Å²) in [4.78, 5) is 12.5. The van der Waals surface area contributed by atoms with E-state index < -0.39 is 5.82 Å². The van der Waals surface area contributed by atoms with Crippen LogP contribution in [0, 0.1) is 5.82 Å². The summed E-state index contributed by atoms with van der Waals surface area (Å²) in [6, 6.07) is 16.4. The second-order valence-corrected chi connectivity index (χ2v) is 6.89. The minimum Gasteiger partial charge on any atom is -0.484 e. The van der Waals surface area contributed by atoms with Crippen LogP contribution in [0.1, 0.15) is 21.9 Å². The zero-order chi connectivity index (χ0) is 20.9. The van der Waals surface area contributed by atoms with Gasteiger partial charge in [0, 0.05) is 18.1 Å². The van der Waals surface area contributed by atoms with Gasteiger partial charge < -0.3 is 14.5 Å². The Bertz CT molecular complexity index is 1160. The number of hydrogen-bond acceptors (Lipinski definition) is 4. The molecule has 0 atom stereocenters. The van der Waals surface area contributed by atoms with Crippen LogP contribution in [0.5, 0.6) is 5.75 Å². The Morgan fingerprint density at radius 1 is 1.17 bits per heavy atom. The van der Waals surface area contributed by atoms with Gasteiger partial charge in [0.05, 0.1) is 11.6 Å². The number of aromatic nitrogens is 2. The maximum absolute atomic E-state index is 13.1. The van der Waals surface area contributed by atoms with Gasteiger partial charge in [-0.3, -0.25) is 9.48 Å². The number of hydrogen-bond donors (Lipinski definition) is 1. The molecule has 30 heavy (non-hydrogen) atoms. The van der Waals surface area contributed by atoms with Crippen LogP contribution in [0.3, 0.4) is 0 Å². The van der Waals surface area contributed by atoms with Crippen LogP contribution in [0.2, 0.25) is 5.02 Å². The molecule has 1 N–H and O–H groups in total. The SMILES string of the molecule is O=C(Nc1cccc(Cn2cccn2)c1)c1ccc(COc2ccc(F)cc2Cl)o1.